The molecular formula is C26H23N5O. The molecule has 0 spiro atoms. The summed E-state index contributed by atoms with van der Waals surface area (Å²) in [4.78, 5) is 9.54. The summed E-state index contributed by atoms with van der Waals surface area (Å²) in [6.07, 6.45) is 6.76. The molecule has 3 heterocycles. The summed E-state index contributed by atoms with van der Waals surface area (Å²) < 4.78 is 8.07. The van der Waals surface area contributed by atoms with Gasteiger partial charge in [-0.2, -0.15) is 5.10 Å². The molecule has 158 valence electrons. The average molecular weight is 422 g/mol. The summed E-state index contributed by atoms with van der Waals surface area (Å²) in [5, 5.41) is 4.26. The highest BCUT2D eigenvalue weighted by molar-refractivity contribution is 5.98. The Morgan fingerprint density at radius 3 is 2.41 bits per heavy atom. The number of aromatic nitrogens is 4. The molecule has 0 atom stereocenters. The molecule has 6 heteroatoms. The lowest BCUT2D eigenvalue weighted by Crippen LogP contribution is -2.43. The minimum atomic E-state index is -0.185. The zero-order chi connectivity index (χ0) is 21.7. The molecule has 6 nitrogen and oxygen atoms in total. The number of hydrogen-bond acceptors (Lipinski definition) is 5. The van der Waals surface area contributed by atoms with Crippen LogP contribution in [0.15, 0.2) is 77.5 Å². The summed E-state index contributed by atoms with van der Waals surface area (Å²) in [5.74, 6) is 0.764. The fourth-order valence-corrected chi connectivity index (χ4v) is 4.50. The molecule has 0 saturated heterocycles. The second kappa shape index (κ2) is 7.14. The molecule has 0 amide bonds. The van der Waals surface area contributed by atoms with Crippen molar-refractivity contribution in [2.75, 3.05) is 0 Å². The smallest absolute Gasteiger partial charge is 0.246 e. The van der Waals surface area contributed by atoms with E-state index in [0.717, 1.165) is 52.2 Å². The van der Waals surface area contributed by atoms with Crippen molar-refractivity contribution in [2.45, 2.75) is 24.8 Å². The first-order valence-electron chi connectivity index (χ1n) is 10.9. The van der Waals surface area contributed by atoms with Crippen LogP contribution in [-0.4, -0.2) is 19.7 Å². The van der Waals surface area contributed by atoms with Crippen LogP contribution in [0.3, 0.4) is 0 Å². The largest absolute Gasteiger partial charge is 0.436 e. The van der Waals surface area contributed by atoms with E-state index < -0.39 is 0 Å². The van der Waals surface area contributed by atoms with E-state index in [0.29, 0.717) is 5.71 Å². The highest BCUT2D eigenvalue weighted by Crippen LogP contribution is 2.42. The van der Waals surface area contributed by atoms with Gasteiger partial charge in [-0.1, -0.05) is 54.6 Å². The molecule has 2 N–H and O–H groups in total. The van der Waals surface area contributed by atoms with Gasteiger partial charge in [0, 0.05) is 24.3 Å². The minimum absolute atomic E-state index is 0.185. The maximum absolute atomic E-state index is 6.52. The van der Waals surface area contributed by atoms with E-state index in [-0.39, 0.29) is 5.54 Å². The standard InChI is InChI=1S/C26H23N5O/c1-31-21(12-15-29-31)20-16-28-25-23(30-20)22(17-6-3-2-4-7-17)24(32-25)18-8-10-19(11-9-18)26(27)13-5-14-26/h2-4,6-12,15-16H,5,13-14,27H2,1H3. The highest BCUT2D eigenvalue weighted by Gasteiger charge is 2.34. The fraction of sp³-hybridized carbons (Fsp3) is 0.192. The summed E-state index contributed by atoms with van der Waals surface area (Å²) in [6.45, 7) is 0. The molecule has 3 aromatic heterocycles. The molecule has 1 fully saturated rings. The van der Waals surface area contributed by atoms with Gasteiger partial charge in [-0.25, -0.2) is 9.97 Å². The Bertz CT molecular complexity index is 1410. The summed E-state index contributed by atoms with van der Waals surface area (Å²) in [5.41, 5.74) is 13.4. The number of hydrogen-bond donors (Lipinski definition) is 1. The first-order valence-corrected chi connectivity index (χ1v) is 10.9. The second-order valence-electron chi connectivity index (χ2n) is 8.51. The third kappa shape index (κ3) is 2.95. The van der Waals surface area contributed by atoms with E-state index in [1.807, 2.05) is 31.3 Å². The quantitative estimate of drug-likeness (QED) is 0.426. The number of benzene rings is 2. The maximum atomic E-state index is 6.52. The molecule has 5 aromatic rings. The van der Waals surface area contributed by atoms with Gasteiger partial charge in [0.1, 0.15) is 17.0 Å². The third-order valence-corrected chi connectivity index (χ3v) is 6.52. The molecule has 2 aromatic carbocycles. The Balaban J connectivity index is 1.54. The van der Waals surface area contributed by atoms with Crippen LogP contribution in [0.5, 0.6) is 0 Å². The molecular weight excluding hydrogens is 398 g/mol. The minimum Gasteiger partial charge on any atom is -0.436 e. The van der Waals surface area contributed by atoms with Crippen LogP contribution in [0.25, 0.3) is 45.1 Å². The molecule has 1 aliphatic rings. The normalized spacial score (nSPS) is 15.1. The molecule has 0 bridgehead atoms. The molecule has 1 aliphatic carbocycles. The molecule has 6 rings (SSSR count). The number of aryl methyl sites for hydroxylation is 1. The summed E-state index contributed by atoms with van der Waals surface area (Å²) >= 11 is 0. The molecule has 32 heavy (non-hydrogen) atoms. The number of rotatable bonds is 4. The molecule has 0 aliphatic heterocycles. The summed E-state index contributed by atoms with van der Waals surface area (Å²) in [6, 6.07) is 20.6. The predicted octanol–water partition coefficient (Wildman–Crippen LogP) is 5.30. The van der Waals surface area contributed by atoms with E-state index in [1.165, 1.54) is 12.0 Å². The van der Waals surface area contributed by atoms with Gasteiger partial charge in [-0.05, 0) is 36.5 Å². The van der Waals surface area contributed by atoms with Gasteiger partial charge in [0.15, 0.2) is 0 Å². The van der Waals surface area contributed by atoms with Gasteiger partial charge in [-0.15, -0.1) is 0 Å². The number of nitrogens with zero attached hydrogens (tertiary/aromatic N) is 4. The van der Waals surface area contributed by atoms with Crippen LogP contribution in [-0.2, 0) is 12.6 Å². The lowest BCUT2D eigenvalue weighted by atomic mass is 9.72. The Kier molecular flexibility index (Phi) is 4.23. The van der Waals surface area contributed by atoms with Crippen LogP contribution in [0.1, 0.15) is 24.8 Å². The van der Waals surface area contributed by atoms with E-state index in [1.54, 1.807) is 17.1 Å². The van der Waals surface area contributed by atoms with Gasteiger partial charge in [0.2, 0.25) is 5.71 Å². The van der Waals surface area contributed by atoms with Crippen molar-refractivity contribution < 1.29 is 4.42 Å². The van der Waals surface area contributed by atoms with E-state index in [4.69, 9.17) is 15.1 Å². The first kappa shape index (κ1) is 19.0. The van der Waals surface area contributed by atoms with Gasteiger partial charge in [0.05, 0.1) is 17.5 Å². The van der Waals surface area contributed by atoms with Crippen LogP contribution >= 0.6 is 0 Å². The number of nitrogens with two attached hydrogens (primary N) is 1. The highest BCUT2D eigenvalue weighted by atomic mass is 16.3. The lowest BCUT2D eigenvalue weighted by Gasteiger charge is -2.38. The van der Waals surface area contributed by atoms with Crippen molar-refractivity contribution in [2.24, 2.45) is 12.8 Å². The average Bonchev–Trinajstić information content (AvgIpc) is 3.41. The van der Waals surface area contributed by atoms with Crippen molar-refractivity contribution in [1.82, 2.24) is 19.7 Å². The maximum Gasteiger partial charge on any atom is 0.246 e. The lowest BCUT2D eigenvalue weighted by molar-refractivity contribution is 0.253. The zero-order valence-corrected chi connectivity index (χ0v) is 17.8. The Hall–Kier alpha value is -3.77. The molecule has 0 unspecified atom stereocenters. The van der Waals surface area contributed by atoms with Crippen LogP contribution < -0.4 is 5.73 Å². The van der Waals surface area contributed by atoms with Gasteiger partial charge in [0.25, 0.3) is 0 Å². The Morgan fingerprint density at radius 1 is 0.969 bits per heavy atom. The first-order chi connectivity index (χ1) is 15.6. The van der Waals surface area contributed by atoms with E-state index in [2.05, 4.69) is 46.5 Å². The van der Waals surface area contributed by atoms with Gasteiger partial charge in [-0.3, -0.25) is 4.68 Å². The van der Waals surface area contributed by atoms with Crippen molar-refractivity contribution >= 4 is 11.2 Å². The van der Waals surface area contributed by atoms with E-state index >= 15 is 0 Å². The van der Waals surface area contributed by atoms with E-state index in [9.17, 15) is 0 Å². The monoisotopic (exact) mass is 421 g/mol. The second-order valence-corrected chi connectivity index (χ2v) is 8.51. The van der Waals surface area contributed by atoms with Crippen LogP contribution in [0.2, 0.25) is 0 Å². The van der Waals surface area contributed by atoms with Crippen molar-refractivity contribution in [1.29, 1.82) is 0 Å². The third-order valence-electron chi connectivity index (χ3n) is 6.52. The Morgan fingerprint density at radius 2 is 1.75 bits per heavy atom. The number of fused-ring (bicyclic) bond motifs is 1. The fourth-order valence-electron chi connectivity index (χ4n) is 4.50. The molecule has 0 radical (unpaired) electrons. The predicted molar refractivity (Wildman–Crippen MR) is 125 cm³/mol. The zero-order valence-electron chi connectivity index (χ0n) is 17.8. The Labute approximate surface area is 185 Å². The van der Waals surface area contributed by atoms with Gasteiger partial charge >= 0.3 is 0 Å². The van der Waals surface area contributed by atoms with Crippen LogP contribution in [0, 0.1) is 0 Å². The van der Waals surface area contributed by atoms with Gasteiger partial charge < -0.3 is 10.2 Å². The molecule has 1 saturated carbocycles. The van der Waals surface area contributed by atoms with Crippen LogP contribution in [0.4, 0.5) is 0 Å². The SMILES string of the molecule is Cn1nccc1-c1cnc2oc(-c3ccc(C4(N)CCC4)cc3)c(-c3ccccc3)c2n1. The topological polar surface area (TPSA) is 82.8 Å². The summed E-state index contributed by atoms with van der Waals surface area (Å²) in [7, 11) is 1.90. The number of furan rings is 1. The van der Waals surface area contributed by atoms with Crippen molar-refractivity contribution in [3.05, 3.63) is 78.6 Å². The van der Waals surface area contributed by atoms with Crippen molar-refractivity contribution in [3.8, 4) is 33.8 Å². The van der Waals surface area contributed by atoms with Crippen molar-refractivity contribution in [3.63, 3.8) is 0 Å².